The van der Waals surface area contributed by atoms with Gasteiger partial charge in [0.25, 0.3) is 0 Å². The Bertz CT molecular complexity index is 689. The molecule has 0 bridgehead atoms. The van der Waals surface area contributed by atoms with Crippen molar-refractivity contribution in [3.63, 3.8) is 0 Å². The van der Waals surface area contributed by atoms with Gasteiger partial charge in [-0.05, 0) is 30.0 Å². The van der Waals surface area contributed by atoms with E-state index in [1.165, 1.54) is 0 Å². The standard InChI is InChI=1S/C14H13N3OS/c1-9-5-6-10(8-11(9)18-2)13-15-14(17-16-13)12-4-3-7-19-12/h3-8H,1-2H3,(H,15,16,17). The van der Waals surface area contributed by atoms with E-state index in [4.69, 9.17) is 4.74 Å². The fourth-order valence-corrected chi connectivity index (χ4v) is 2.54. The Morgan fingerprint density at radius 2 is 2.16 bits per heavy atom. The molecule has 0 spiro atoms. The number of aryl methyl sites for hydroxylation is 1. The SMILES string of the molecule is COc1cc(-c2n[nH]c(-c3cccs3)n2)ccc1C. The lowest BCUT2D eigenvalue weighted by molar-refractivity contribution is 0.412. The number of aromatic nitrogens is 3. The summed E-state index contributed by atoms with van der Waals surface area (Å²) in [6.45, 7) is 2.01. The molecule has 1 aromatic carbocycles. The first-order valence-corrected chi connectivity index (χ1v) is 6.77. The normalized spacial score (nSPS) is 10.6. The average molecular weight is 271 g/mol. The summed E-state index contributed by atoms with van der Waals surface area (Å²) in [5, 5.41) is 9.25. The molecule has 5 heteroatoms. The lowest BCUT2D eigenvalue weighted by atomic mass is 10.1. The molecular formula is C14H13N3OS. The molecular weight excluding hydrogens is 258 g/mol. The monoisotopic (exact) mass is 271 g/mol. The van der Waals surface area contributed by atoms with Crippen LogP contribution in [0.3, 0.4) is 0 Å². The summed E-state index contributed by atoms with van der Waals surface area (Å²) in [5.41, 5.74) is 2.04. The maximum absolute atomic E-state index is 5.32. The van der Waals surface area contributed by atoms with Crippen molar-refractivity contribution in [2.45, 2.75) is 6.92 Å². The Morgan fingerprint density at radius 1 is 1.26 bits per heavy atom. The summed E-state index contributed by atoms with van der Waals surface area (Å²) in [7, 11) is 1.67. The lowest BCUT2D eigenvalue weighted by Crippen LogP contribution is -1.89. The third kappa shape index (κ3) is 2.24. The minimum atomic E-state index is 0.682. The molecule has 3 rings (SSSR count). The maximum Gasteiger partial charge on any atom is 0.181 e. The topological polar surface area (TPSA) is 50.8 Å². The van der Waals surface area contributed by atoms with Crippen molar-refractivity contribution in [1.82, 2.24) is 15.2 Å². The summed E-state index contributed by atoms with van der Waals surface area (Å²) >= 11 is 1.64. The Hall–Kier alpha value is -2.14. The molecule has 96 valence electrons. The lowest BCUT2D eigenvalue weighted by Gasteiger charge is -2.05. The highest BCUT2D eigenvalue weighted by Gasteiger charge is 2.10. The van der Waals surface area contributed by atoms with E-state index >= 15 is 0 Å². The van der Waals surface area contributed by atoms with Crippen molar-refractivity contribution in [2.75, 3.05) is 7.11 Å². The molecule has 1 N–H and O–H groups in total. The molecule has 0 atom stereocenters. The third-order valence-corrected chi connectivity index (χ3v) is 3.78. The number of methoxy groups -OCH3 is 1. The highest BCUT2D eigenvalue weighted by atomic mass is 32.1. The molecule has 0 aliphatic heterocycles. The first-order chi connectivity index (χ1) is 9.28. The summed E-state index contributed by atoms with van der Waals surface area (Å²) in [5.74, 6) is 2.33. The van der Waals surface area contributed by atoms with Gasteiger partial charge < -0.3 is 4.74 Å². The number of nitrogens with one attached hydrogen (secondary N) is 1. The largest absolute Gasteiger partial charge is 0.496 e. The zero-order valence-electron chi connectivity index (χ0n) is 10.7. The van der Waals surface area contributed by atoms with Gasteiger partial charge in [-0.15, -0.1) is 11.3 Å². The first-order valence-electron chi connectivity index (χ1n) is 5.89. The zero-order valence-corrected chi connectivity index (χ0v) is 11.5. The van der Waals surface area contributed by atoms with Crippen LogP contribution >= 0.6 is 11.3 Å². The van der Waals surface area contributed by atoms with Crippen molar-refractivity contribution in [1.29, 1.82) is 0 Å². The molecule has 0 amide bonds. The van der Waals surface area contributed by atoms with Gasteiger partial charge in [0.2, 0.25) is 0 Å². The molecule has 2 aromatic heterocycles. The molecule has 0 saturated heterocycles. The Labute approximate surface area is 115 Å². The van der Waals surface area contributed by atoms with Crippen LogP contribution in [0.15, 0.2) is 35.7 Å². The van der Waals surface area contributed by atoms with Gasteiger partial charge in [-0.25, -0.2) is 4.98 Å². The number of nitrogens with zero attached hydrogens (tertiary/aromatic N) is 2. The molecule has 0 unspecified atom stereocenters. The highest BCUT2D eigenvalue weighted by molar-refractivity contribution is 7.13. The molecule has 2 heterocycles. The number of H-pyrrole nitrogens is 1. The maximum atomic E-state index is 5.32. The second kappa shape index (κ2) is 4.85. The molecule has 0 saturated carbocycles. The van der Waals surface area contributed by atoms with Gasteiger partial charge in [0.15, 0.2) is 11.6 Å². The number of hydrogen-bond acceptors (Lipinski definition) is 4. The first kappa shape index (κ1) is 11.9. The highest BCUT2D eigenvalue weighted by Crippen LogP contribution is 2.27. The molecule has 4 nitrogen and oxygen atoms in total. The van der Waals surface area contributed by atoms with E-state index in [1.54, 1.807) is 18.4 Å². The zero-order chi connectivity index (χ0) is 13.2. The number of hydrogen-bond donors (Lipinski definition) is 1. The molecule has 0 aliphatic rings. The number of thiophene rings is 1. The van der Waals surface area contributed by atoms with Crippen molar-refractivity contribution in [2.24, 2.45) is 0 Å². The number of rotatable bonds is 3. The minimum Gasteiger partial charge on any atom is -0.496 e. The van der Waals surface area contributed by atoms with E-state index < -0.39 is 0 Å². The van der Waals surface area contributed by atoms with Crippen molar-refractivity contribution >= 4 is 11.3 Å². The quantitative estimate of drug-likeness (QED) is 0.793. The van der Waals surface area contributed by atoms with E-state index in [1.807, 2.05) is 42.6 Å². The summed E-state index contributed by atoms with van der Waals surface area (Å²) < 4.78 is 5.32. The van der Waals surface area contributed by atoms with Crippen LogP contribution in [-0.4, -0.2) is 22.3 Å². The van der Waals surface area contributed by atoms with Crippen LogP contribution in [-0.2, 0) is 0 Å². The second-order valence-corrected chi connectivity index (χ2v) is 5.12. The predicted molar refractivity (Wildman–Crippen MR) is 76.4 cm³/mol. The van der Waals surface area contributed by atoms with Crippen LogP contribution in [0.2, 0.25) is 0 Å². The van der Waals surface area contributed by atoms with Crippen molar-refractivity contribution in [3.8, 4) is 27.8 Å². The Morgan fingerprint density at radius 3 is 2.89 bits per heavy atom. The summed E-state index contributed by atoms with van der Waals surface area (Å²) in [4.78, 5) is 5.60. The molecule has 3 aromatic rings. The van der Waals surface area contributed by atoms with Gasteiger partial charge in [-0.2, -0.15) is 5.10 Å². The predicted octanol–water partition coefficient (Wildman–Crippen LogP) is 3.52. The van der Waals surface area contributed by atoms with Crippen molar-refractivity contribution in [3.05, 3.63) is 41.3 Å². The second-order valence-electron chi connectivity index (χ2n) is 4.17. The smallest absolute Gasteiger partial charge is 0.181 e. The molecule has 0 fully saturated rings. The van der Waals surface area contributed by atoms with Crippen LogP contribution in [0.4, 0.5) is 0 Å². The molecule has 0 radical (unpaired) electrons. The van der Waals surface area contributed by atoms with Gasteiger partial charge in [-0.1, -0.05) is 18.2 Å². The fraction of sp³-hybridized carbons (Fsp3) is 0.143. The van der Waals surface area contributed by atoms with E-state index in [2.05, 4.69) is 15.2 Å². The van der Waals surface area contributed by atoms with E-state index in [9.17, 15) is 0 Å². The summed E-state index contributed by atoms with van der Waals surface area (Å²) in [6, 6.07) is 9.98. The number of aromatic amines is 1. The fourth-order valence-electron chi connectivity index (χ4n) is 1.87. The average Bonchev–Trinajstić information content (AvgIpc) is 3.10. The van der Waals surface area contributed by atoms with Crippen LogP contribution in [0.1, 0.15) is 5.56 Å². The Kier molecular flexibility index (Phi) is 3.05. The van der Waals surface area contributed by atoms with Gasteiger partial charge in [0.05, 0.1) is 12.0 Å². The van der Waals surface area contributed by atoms with E-state index in [0.29, 0.717) is 5.82 Å². The van der Waals surface area contributed by atoms with Crippen LogP contribution in [0.25, 0.3) is 22.1 Å². The van der Waals surface area contributed by atoms with Crippen LogP contribution in [0.5, 0.6) is 5.75 Å². The van der Waals surface area contributed by atoms with Gasteiger partial charge in [0.1, 0.15) is 5.75 Å². The molecule has 0 aliphatic carbocycles. The van der Waals surface area contributed by atoms with Gasteiger partial charge in [0, 0.05) is 5.56 Å². The summed E-state index contributed by atoms with van der Waals surface area (Å²) in [6.07, 6.45) is 0. The van der Waals surface area contributed by atoms with Crippen LogP contribution in [0, 0.1) is 6.92 Å². The third-order valence-electron chi connectivity index (χ3n) is 2.91. The van der Waals surface area contributed by atoms with E-state index in [-0.39, 0.29) is 0 Å². The Balaban J connectivity index is 1.99. The van der Waals surface area contributed by atoms with E-state index in [0.717, 1.165) is 27.6 Å². The van der Waals surface area contributed by atoms with Crippen LogP contribution < -0.4 is 4.74 Å². The van der Waals surface area contributed by atoms with Gasteiger partial charge in [-0.3, -0.25) is 5.10 Å². The van der Waals surface area contributed by atoms with Crippen molar-refractivity contribution < 1.29 is 4.74 Å². The number of benzene rings is 1. The van der Waals surface area contributed by atoms with Gasteiger partial charge >= 0.3 is 0 Å². The number of ether oxygens (including phenoxy) is 1. The molecule has 19 heavy (non-hydrogen) atoms. The minimum absolute atomic E-state index is 0.682.